The van der Waals surface area contributed by atoms with Gasteiger partial charge < -0.3 is 0 Å². The summed E-state index contributed by atoms with van der Waals surface area (Å²) in [5, 5.41) is 2.87. The molecule has 1 aliphatic rings. The molecule has 10 heteroatoms. The lowest BCUT2D eigenvalue weighted by Gasteiger charge is -2.14. The highest BCUT2D eigenvalue weighted by Gasteiger charge is 2.28. The van der Waals surface area contributed by atoms with Crippen LogP contribution < -0.4 is 15.5 Å². The van der Waals surface area contributed by atoms with E-state index in [1.807, 2.05) is 12.2 Å². The van der Waals surface area contributed by atoms with Crippen molar-refractivity contribution in [2.24, 2.45) is 0 Å². The molecule has 3 N–H and O–H groups in total. The van der Waals surface area contributed by atoms with Crippen molar-refractivity contribution in [3.05, 3.63) is 59.7 Å². The second-order valence-electron chi connectivity index (χ2n) is 5.88. The van der Waals surface area contributed by atoms with Crippen molar-refractivity contribution in [1.29, 1.82) is 0 Å². The maximum atomic E-state index is 12.4. The van der Waals surface area contributed by atoms with E-state index in [2.05, 4.69) is 10.1 Å². The summed E-state index contributed by atoms with van der Waals surface area (Å²) >= 11 is 0. The molecule has 0 spiro atoms. The van der Waals surface area contributed by atoms with Gasteiger partial charge >= 0.3 is 6.03 Å². The summed E-state index contributed by atoms with van der Waals surface area (Å²) in [6.45, 7) is 1.61. The Morgan fingerprint density at radius 1 is 1.04 bits per heavy atom. The fourth-order valence-corrected chi connectivity index (χ4v) is 3.40. The van der Waals surface area contributed by atoms with Gasteiger partial charge in [0.2, 0.25) is 5.91 Å². The third kappa shape index (κ3) is 4.23. The van der Waals surface area contributed by atoms with Crippen LogP contribution in [-0.2, 0) is 14.8 Å². The molecule has 0 radical (unpaired) electrons. The Labute approximate surface area is 155 Å². The van der Waals surface area contributed by atoms with Crippen molar-refractivity contribution in [1.82, 2.24) is 15.8 Å². The number of aryl methyl sites for hydroxylation is 1. The Kier molecular flexibility index (Phi) is 4.82. The number of carbonyl (C=O) groups is 3. The molecule has 0 saturated carbocycles. The van der Waals surface area contributed by atoms with Gasteiger partial charge in [-0.05, 0) is 43.3 Å². The minimum atomic E-state index is -3.81. The predicted octanol–water partition coefficient (Wildman–Crippen LogP) is 0.992. The van der Waals surface area contributed by atoms with E-state index in [1.165, 1.54) is 24.3 Å². The third-order valence-corrected chi connectivity index (χ3v) is 5.16. The first-order chi connectivity index (χ1) is 12.7. The summed E-state index contributed by atoms with van der Waals surface area (Å²) in [5.74, 6) is -1.17. The third-order valence-electron chi connectivity index (χ3n) is 3.76. The topological polar surface area (TPSA) is 125 Å². The number of carbonyl (C=O) groups excluding carboxylic acids is 3. The molecule has 0 aliphatic carbocycles. The molecule has 0 bridgehead atoms. The van der Waals surface area contributed by atoms with Crippen molar-refractivity contribution < 1.29 is 22.8 Å². The van der Waals surface area contributed by atoms with Gasteiger partial charge in [0.25, 0.3) is 15.9 Å². The van der Waals surface area contributed by atoms with E-state index in [9.17, 15) is 22.8 Å². The largest absolute Gasteiger partial charge is 0.343 e. The molecule has 2 aromatic rings. The summed E-state index contributed by atoms with van der Waals surface area (Å²) in [7, 11) is -3.81. The zero-order chi connectivity index (χ0) is 19.6. The van der Waals surface area contributed by atoms with E-state index in [0.29, 0.717) is 5.69 Å². The van der Waals surface area contributed by atoms with Crippen molar-refractivity contribution in [2.75, 3.05) is 11.3 Å². The fraction of sp³-hybridized carbons (Fsp3) is 0.118. The minimum Gasteiger partial charge on any atom is -0.280 e. The number of imide groups is 1. The summed E-state index contributed by atoms with van der Waals surface area (Å²) in [4.78, 5) is 34.6. The average Bonchev–Trinajstić information content (AvgIpc) is 2.94. The van der Waals surface area contributed by atoms with Crippen LogP contribution in [0.2, 0.25) is 0 Å². The van der Waals surface area contributed by atoms with Crippen LogP contribution in [0, 0.1) is 6.92 Å². The highest BCUT2D eigenvalue weighted by Crippen LogP contribution is 2.17. The molecule has 1 saturated heterocycles. The minimum absolute atomic E-state index is 0.0197. The molecule has 2 aromatic carbocycles. The SMILES string of the molecule is Cc1ccc(NS(=O)(=O)c2ccc(C(=O)NN3CC(=O)NC3=O)cc2)cc1. The molecular weight excluding hydrogens is 372 g/mol. The van der Waals surface area contributed by atoms with Crippen LogP contribution in [0.1, 0.15) is 15.9 Å². The van der Waals surface area contributed by atoms with Crippen LogP contribution in [0.5, 0.6) is 0 Å². The number of sulfonamides is 1. The Bertz CT molecular complexity index is 1000. The molecule has 1 aliphatic heterocycles. The first-order valence-corrected chi connectivity index (χ1v) is 9.35. The highest BCUT2D eigenvalue weighted by molar-refractivity contribution is 7.92. The number of hydrogen-bond acceptors (Lipinski definition) is 5. The summed E-state index contributed by atoms with van der Waals surface area (Å²) < 4.78 is 27.3. The van der Waals surface area contributed by atoms with Crippen LogP contribution in [0.4, 0.5) is 10.5 Å². The van der Waals surface area contributed by atoms with Gasteiger partial charge in [-0.1, -0.05) is 17.7 Å². The van der Waals surface area contributed by atoms with Gasteiger partial charge in [0, 0.05) is 11.3 Å². The molecule has 0 aromatic heterocycles. The Morgan fingerprint density at radius 3 is 2.22 bits per heavy atom. The van der Waals surface area contributed by atoms with Crippen molar-refractivity contribution in [3.63, 3.8) is 0 Å². The Morgan fingerprint density at radius 2 is 1.67 bits per heavy atom. The monoisotopic (exact) mass is 388 g/mol. The number of anilines is 1. The second kappa shape index (κ2) is 7.08. The van der Waals surface area contributed by atoms with Gasteiger partial charge in [-0.3, -0.25) is 25.1 Å². The van der Waals surface area contributed by atoms with E-state index < -0.39 is 27.9 Å². The first-order valence-electron chi connectivity index (χ1n) is 7.86. The number of amides is 4. The summed E-state index contributed by atoms with van der Waals surface area (Å²) in [6.07, 6.45) is 0. The van der Waals surface area contributed by atoms with Gasteiger partial charge in [-0.25, -0.2) is 18.2 Å². The quantitative estimate of drug-likeness (QED) is 0.659. The lowest BCUT2D eigenvalue weighted by Crippen LogP contribution is -2.44. The predicted molar refractivity (Wildman–Crippen MR) is 96.1 cm³/mol. The molecule has 3 rings (SSSR count). The van der Waals surface area contributed by atoms with E-state index in [1.54, 1.807) is 24.3 Å². The molecule has 27 heavy (non-hydrogen) atoms. The zero-order valence-corrected chi connectivity index (χ0v) is 15.0. The molecule has 1 fully saturated rings. The average molecular weight is 388 g/mol. The molecule has 4 amide bonds. The molecule has 0 unspecified atom stereocenters. The van der Waals surface area contributed by atoms with Crippen LogP contribution in [0.25, 0.3) is 0 Å². The first kappa shape index (κ1) is 18.4. The van der Waals surface area contributed by atoms with Gasteiger partial charge in [-0.2, -0.15) is 0 Å². The Hall–Kier alpha value is -3.40. The van der Waals surface area contributed by atoms with Gasteiger partial charge in [0.15, 0.2) is 0 Å². The number of nitrogens with zero attached hydrogens (tertiary/aromatic N) is 1. The van der Waals surface area contributed by atoms with Crippen LogP contribution in [0.15, 0.2) is 53.4 Å². The number of urea groups is 1. The number of hydrogen-bond donors (Lipinski definition) is 3. The second-order valence-corrected chi connectivity index (χ2v) is 7.56. The van der Waals surface area contributed by atoms with E-state index in [4.69, 9.17) is 0 Å². The van der Waals surface area contributed by atoms with Crippen molar-refractivity contribution in [2.45, 2.75) is 11.8 Å². The van der Waals surface area contributed by atoms with Crippen molar-refractivity contribution in [3.8, 4) is 0 Å². The van der Waals surface area contributed by atoms with Gasteiger partial charge in [0.1, 0.15) is 6.54 Å². The molecular formula is C17H16N4O5S. The standard InChI is InChI=1S/C17H16N4O5S/c1-11-2-6-13(7-3-11)20-27(25,26)14-8-4-12(5-9-14)16(23)19-21-10-15(22)18-17(21)24/h2-9,20H,10H2,1H3,(H,19,23)(H,18,22,24). The molecule has 9 nitrogen and oxygen atoms in total. The van der Waals surface area contributed by atoms with Gasteiger partial charge in [0.05, 0.1) is 4.90 Å². The fourth-order valence-electron chi connectivity index (χ4n) is 2.34. The maximum absolute atomic E-state index is 12.4. The molecule has 0 atom stereocenters. The maximum Gasteiger partial charge on any atom is 0.343 e. The van der Waals surface area contributed by atoms with E-state index in [-0.39, 0.29) is 17.0 Å². The van der Waals surface area contributed by atoms with Crippen molar-refractivity contribution >= 4 is 33.6 Å². The lowest BCUT2D eigenvalue weighted by atomic mass is 10.2. The molecule has 1 heterocycles. The zero-order valence-electron chi connectivity index (χ0n) is 14.2. The van der Waals surface area contributed by atoms with Crippen LogP contribution >= 0.6 is 0 Å². The number of hydrazine groups is 1. The number of nitrogens with one attached hydrogen (secondary N) is 3. The smallest absolute Gasteiger partial charge is 0.280 e. The van der Waals surface area contributed by atoms with E-state index in [0.717, 1.165) is 10.6 Å². The Balaban J connectivity index is 1.70. The summed E-state index contributed by atoms with van der Waals surface area (Å²) in [6, 6.07) is 11.3. The van der Waals surface area contributed by atoms with Crippen LogP contribution in [0.3, 0.4) is 0 Å². The normalized spacial score (nSPS) is 14.0. The molecule has 140 valence electrons. The van der Waals surface area contributed by atoms with Crippen LogP contribution in [-0.4, -0.2) is 37.8 Å². The van der Waals surface area contributed by atoms with Gasteiger partial charge in [-0.15, -0.1) is 0 Å². The van der Waals surface area contributed by atoms with E-state index >= 15 is 0 Å². The number of benzene rings is 2. The summed E-state index contributed by atoms with van der Waals surface area (Å²) in [5.41, 5.74) is 3.84. The lowest BCUT2D eigenvalue weighted by molar-refractivity contribution is -0.118. The number of rotatable bonds is 5. The highest BCUT2D eigenvalue weighted by atomic mass is 32.2.